The Morgan fingerprint density at radius 2 is 2.00 bits per heavy atom. The molecule has 0 heterocycles. The molecule has 4 atom stereocenters. The van der Waals surface area contributed by atoms with Gasteiger partial charge in [0, 0.05) is 18.8 Å². The summed E-state index contributed by atoms with van der Waals surface area (Å²) in [5, 5.41) is 28.5. The molecule has 2 unspecified atom stereocenters. The van der Waals surface area contributed by atoms with Crippen molar-refractivity contribution in [2.24, 2.45) is 11.8 Å². The molecule has 0 aromatic rings. The van der Waals surface area contributed by atoms with Gasteiger partial charge in [0.05, 0.1) is 11.7 Å². The monoisotopic (exact) mass is 408 g/mol. The van der Waals surface area contributed by atoms with E-state index in [4.69, 9.17) is 5.11 Å². The van der Waals surface area contributed by atoms with Crippen molar-refractivity contribution in [2.75, 3.05) is 6.61 Å². The van der Waals surface area contributed by atoms with E-state index in [1.165, 1.54) is 0 Å². The van der Waals surface area contributed by atoms with Crippen LogP contribution < -0.4 is 0 Å². The average Bonchev–Trinajstić information content (AvgIpc) is 3.01. The average molecular weight is 409 g/mol. The van der Waals surface area contributed by atoms with Gasteiger partial charge in [-0.3, -0.25) is 9.59 Å². The highest BCUT2D eigenvalue weighted by molar-refractivity contribution is 5.83. The van der Waals surface area contributed by atoms with Crippen LogP contribution in [0.25, 0.3) is 0 Å². The lowest BCUT2D eigenvalue weighted by Crippen LogP contribution is -2.23. The molecular weight excluding hydrogens is 368 g/mol. The van der Waals surface area contributed by atoms with Gasteiger partial charge in [0.25, 0.3) is 0 Å². The zero-order valence-corrected chi connectivity index (χ0v) is 18.2. The van der Waals surface area contributed by atoms with Crippen LogP contribution in [0.15, 0.2) is 24.3 Å². The van der Waals surface area contributed by atoms with Gasteiger partial charge in [-0.1, -0.05) is 37.1 Å². The van der Waals surface area contributed by atoms with E-state index in [0.29, 0.717) is 31.5 Å². The third-order valence-electron chi connectivity index (χ3n) is 5.74. The van der Waals surface area contributed by atoms with E-state index in [0.717, 1.165) is 44.9 Å². The van der Waals surface area contributed by atoms with E-state index in [2.05, 4.69) is 6.08 Å². The van der Waals surface area contributed by atoms with Gasteiger partial charge in [0.15, 0.2) is 5.78 Å². The highest BCUT2D eigenvalue weighted by Gasteiger charge is 2.31. The Morgan fingerprint density at radius 1 is 1.24 bits per heavy atom. The summed E-state index contributed by atoms with van der Waals surface area (Å²) in [5.74, 6) is 0.421. The number of aliphatic hydroxyl groups excluding tert-OH is 2. The lowest BCUT2D eigenvalue weighted by Gasteiger charge is -2.22. The van der Waals surface area contributed by atoms with E-state index in [9.17, 15) is 19.8 Å². The molecule has 5 heteroatoms. The number of hydrogen-bond donors (Lipinski definition) is 3. The molecule has 1 rings (SSSR count). The summed E-state index contributed by atoms with van der Waals surface area (Å²) in [6, 6.07) is 0. The second-order valence-electron chi connectivity index (χ2n) is 8.80. The van der Waals surface area contributed by atoms with Crippen molar-refractivity contribution >= 4 is 11.6 Å². The van der Waals surface area contributed by atoms with Crippen LogP contribution in [0.2, 0.25) is 0 Å². The van der Waals surface area contributed by atoms with E-state index in [1.54, 1.807) is 6.92 Å². The van der Waals surface area contributed by atoms with E-state index >= 15 is 0 Å². The number of rotatable bonds is 15. The van der Waals surface area contributed by atoms with Crippen molar-refractivity contribution in [3.05, 3.63) is 24.3 Å². The van der Waals surface area contributed by atoms with Gasteiger partial charge >= 0.3 is 0 Å². The molecule has 166 valence electrons. The topological polar surface area (TPSA) is 94.8 Å². The molecule has 0 aromatic carbocycles. The first-order valence-electron chi connectivity index (χ1n) is 11.1. The largest absolute Gasteiger partial charge is 0.393 e. The number of ketones is 2. The lowest BCUT2D eigenvalue weighted by molar-refractivity contribution is -0.122. The molecule has 1 aliphatic rings. The van der Waals surface area contributed by atoms with Crippen LogP contribution in [0.3, 0.4) is 0 Å². The minimum atomic E-state index is -0.751. The molecular formula is C24H40O5. The Hall–Kier alpha value is -1.30. The summed E-state index contributed by atoms with van der Waals surface area (Å²) in [6.45, 7) is 3.25. The lowest BCUT2D eigenvalue weighted by atomic mass is 9.89. The molecule has 0 bridgehead atoms. The number of unbranched alkanes of at least 4 members (excludes halogenated alkanes) is 2. The summed E-state index contributed by atoms with van der Waals surface area (Å²) < 4.78 is 0. The fraction of sp³-hybridized carbons (Fsp3) is 0.750. The second-order valence-corrected chi connectivity index (χ2v) is 8.80. The number of Topliss-reactive ketones (excluding diaryl/α,β-unsaturated/α-hetero) is 2. The fourth-order valence-corrected chi connectivity index (χ4v) is 3.87. The number of allylic oxidation sites excluding steroid dienone is 3. The first-order chi connectivity index (χ1) is 13.7. The molecule has 3 N–H and O–H groups in total. The molecule has 1 fully saturated rings. The van der Waals surface area contributed by atoms with E-state index in [1.807, 2.05) is 25.2 Å². The Kier molecular flexibility index (Phi) is 12.3. The molecule has 0 amide bonds. The molecule has 0 spiro atoms. The summed E-state index contributed by atoms with van der Waals surface area (Å²) in [4.78, 5) is 23.3. The highest BCUT2D eigenvalue weighted by Crippen LogP contribution is 2.33. The van der Waals surface area contributed by atoms with Gasteiger partial charge in [-0.05, 0) is 64.7 Å². The van der Waals surface area contributed by atoms with Gasteiger partial charge in [-0.2, -0.15) is 0 Å². The molecule has 29 heavy (non-hydrogen) atoms. The Bertz CT molecular complexity index is 547. The maximum absolute atomic E-state index is 12.2. The number of hydrogen-bond acceptors (Lipinski definition) is 5. The molecule has 0 saturated heterocycles. The van der Waals surface area contributed by atoms with Crippen molar-refractivity contribution in [1.29, 1.82) is 0 Å². The SMILES string of the molecule is CC(O)CCCCC(C)(O)CC=C[C@H]1CCC(=O)[C@@H]1CC=CCCCC(=O)CO. The molecule has 5 nitrogen and oxygen atoms in total. The van der Waals surface area contributed by atoms with Crippen LogP contribution in [0.1, 0.15) is 84.5 Å². The molecule has 0 aliphatic heterocycles. The van der Waals surface area contributed by atoms with Crippen LogP contribution in [0.5, 0.6) is 0 Å². The minimum Gasteiger partial charge on any atom is -0.393 e. The van der Waals surface area contributed by atoms with Gasteiger partial charge in [0.1, 0.15) is 12.4 Å². The molecule has 0 aromatic heterocycles. The summed E-state index contributed by atoms with van der Waals surface area (Å²) in [7, 11) is 0. The van der Waals surface area contributed by atoms with Crippen LogP contribution in [0.4, 0.5) is 0 Å². The minimum absolute atomic E-state index is 0.0116. The van der Waals surface area contributed by atoms with Crippen molar-refractivity contribution < 1.29 is 24.9 Å². The normalized spacial score (nSPS) is 23.1. The molecule has 0 radical (unpaired) electrons. The number of carbonyl (C=O) groups excluding carboxylic acids is 2. The summed E-state index contributed by atoms with van der Waals surface area (Å²) in [5.41, 5.74) is -0.751. The van der Waals surface area contributed by atoms with Gasteiger partial charge < -0.3 is 15.3 Å². The summed E-state index contributed by atoms with van der Waals surface area (Å²) >= 11 is 0. The first-order valence-corrected chi connectivity index (χ1v) is 11.1. The van der Waals surface area contributed by atoms with Crippen LogP contribution >= 0.6 is 0 Å². The smallest absolute Gasteiger partial charge is 0.158 e. The van der Waals surface area contributed by atoms with Crippen molar-refractivity contribution in [2.45, 2.75) is 96.2 Å². The van der Waals surface area contributed by atoms with E-state index < -0.39 is 5.60 Å². The Morgan fingerprint density at radius 3 is 2.69 bits per heavy atom. The van der Waals surface area contributed by atoms with E-state index in [-0.39, 0.29) is 30.3 Å². The number of aliphatic hydroxyl groups is 3. The standard InChI is InChI=1S/C24H40O5/c1-19(26)10-7-8-16-24(2,29)17-9-11-20-14-15-23(28)22(20)13-6-4-3-5-12-21(27)18-25/h4,6,9,11,19-20,22,25-26,29H,3,5,7-8,10,12-18H2,1-2H3/t19?,20-,22+,24?/m0/s1. The molecule has 1 aliphatic carbocycles. The maximum Gasteiger partial charge on any atom is 0.158 e. The van der Waals surface area contributed by atoms with Crippen LogP contribution in [-0.4, -0.2) is 45.2 Å². The fourth-order valence-electron chi connectivity index (χ4n) is 3.87. The maximum atomic E-state index is 12.2. The predicted octanol–water partition coefficient (Wildman–Crippen LogP) is 3.90. The summed E-state index contributed by atoms with van der Waals surface area (Å²) in [6.07, 6.45) is 15.9. The number of carbonyl (C=O) groups is 2. The van der Waals surface area contributed by atoms with Crippen molar-refractivity contribution in [3.63, 3.8) is 0 Å². The quantitative estimate of drug-likeness (QED) is 0.282. The van der Waals surface area contributed by atoms with Crippen molar-refractivity contribution in [1.82, 2.24) is 0 Å². The third-order valence-corrected chi connectivity index (χ3v) is 5.74. The zero-order valence-electron chi connectivity index (χ0n) is 18.2. The Balaban J connectivity index is 2.37. The third kappa shape index (κ3) is 11.5. The van der Waals surface area contributed by atoms with Crippen LogP contribution in [-0.2, 0) is 9.59 Å². The predicted molar refractivity (Wildman–Crippen MR) is 115 cm³/mol. The molecule has 1 saturated carbocycles. The Labute approximate surface area is 175 Å². The second kappa shape index (κ2) is 13.8. The highest BCUT2D eigenvalue weighted by atomic mass is 16.3. The zero-order chi connectivity index (χ0) is 21.7. The van der Waals surface area contributed by atoms with Crippen LogP contribution in [0, 0.1) is 11.8 Å². The first kappa shape index (κ1) is 25.7. The van der Waals surface area contributed by atoms with Crippen molar-refractivity contribution in [3.8, 4) is 0 Å². The van der Waals surface area contributed by atoms with Gasteiger partial charge in [-0.15, -0.1) is 0 Å². The van der Waals surface area contributed by atoms with Gasteiger partial charge in [-0.25, -0.2) is 0 Å². The van der Waals surface area contributed by atoms with Gasteiger partial charge in [0.2, 0.25) is 0 Å².